The molecule has 1 aromatic carbocycles. The monoisotopic (exact) mass is 481 g/mol. The van der Waals surface area contributed by atoms with Crippen LogP contribution in [-0.2, 0) is 0 Å². The van der Waals surface area contributed by atoms with Crippen molar-refractivity contribution in [1.29, 1.82) is 0 Å². The van der Waals surface area contributed by atoms with Crippen LogP contribution in [0.15, 0.2) is 42.6 Å². The Bertz CT molecular complexity index is 741. The van der Waals surface area contributed by atoms with Crippen molar-refractivity contribution in [1.82, 2.24) is 4.98 Å². The Morgan fingerprint density at radius 2 is 1.20 bits per heavy atom. The van der Waals surface area contributed by atoms with E-state index in [1.165, 1.54) is 89.9 Å². The van der Waals surface area contributed by atoms with Crippen LogP contribution in [0.2, 0.25) is 0 Å². The van der Waals surface area contributed by atoms with Gasteiger partial charge in [-0.15, -0.1) is 0 Å². The molecule has 1 unspecified atom stereocenters. The zero-order valence-electron chi connectivity index (χ0n) is 22.9. The van der Waals surface area contributed by atoms with Crippen molar-refractivity contribution in [3.8, 4) is 22.8 Å². The van der Waals surface area contributed by atoms with Gasteiger partial charge in [0.1, 0.15) is 11.5 Å². The second-order valence-corrected chi connectivity index (χ2v) is 10.2. The molecule has 196 valence electrons. The minimum atomic E-state index is 0.598. The third kappa shape index (κ3) is 13.6. The van der Waals surface area contributed by atoms with E-state index in [0.29, 0.717) is 5.92 Å². The molecule has 0 aliphatic rings. The van der Waals surface area contributed by atoms with Gasteiger partial charge in [-0.05, 0) is 55.2 Å². The van der Waals surface area contributed by atoms with Gasteiger partial charge in [0.15, 0.2) is 0 Å². The lowest BCUT2D eigenvalue weighted by atomic mass is 10.0. The number of ether oxygens (including phenoxy) is 2. The number of aromatic nitrogens is 1. The normalized spacial score (nSPS) is 12.0. The van der Waals surface area contributed by atoms with Crippen LogP contribution in [0.3, 0.4) is 0 Å². The lowest BCUT2D eigenvalue weighted by molar-refractivity contribution is 0.249. The summed E-state index contributed by atoms with van der Waals surface area (Å²) < 4.78 is 11.9. The molecule has 0 N–H and O–H groups in total. The second kappa shape index (κ2) is 19.2. The quantitative estimate of drug-likeness (QED) is 0.166. The smallest absolute Gasteiger partial charge is 0.137 e. The zero-order valence-corrected chi connectivity index (χ0v) is 22.9. The average Bonchev–Trinajstić information content (AvgIpc) is 2.89. The van der Waals surface area contributed by atoms with Crippen LogP contribution in [-0.4, -0.2) is 18.2 Å². The molecule has 0 radical (unpaired) electrons. The predicted molar refractivity (Wildman–Crippen MR) is 150 cm³/mol. The molecule has 0 aliphatic heterocycles. The number of hydrogen-bond donors (Lipinski definition) is 0. The Labute approximate surface area is 216 Å². The van der Waals surface area contributed by atoms with Gasteiger partial charge in [-0.3, -0.25) is 4.98 Å². The van der Waals surface area contributed by atoms with Crippen LogP contribution in [0.1, 0.15) is 117 Å². The highest BCUT2D eigenvalue weighted by Crippen LogP contribution is 2.23. The number of nitrogens with zero attached hydrogens (tertiary/aromatic N) is 1. The molecule has 35 heavy (non-hydrogen) atoms. The van der Waals surface area contributed by atoms with E-state index in [-0.39, 0.29) is 0 Å². The first-order valence-electron chi connectivity index (χ1n) is 14.5. The highest BCUT2D eigenvalue weighted by Gasteiger charge is 2.05. The minimum Gasteiger partial charge on any atom is -0.493 e. The second-order valence-electron chi connectivity index (χ2n) is 10.2. The summed E-state index contributed by atoms with van der Waals surface area (Å²) in [4.78, 5) is 4.61. The maximum atomic E-state index is 6.00. The van der Waals surface area contributed by atoms with Gasteiger partial charge in [0.25, 0.3) is 0 Å². The first-order chi connectivity index (χ1) is 17.2. The molecular formula is C32H51NO2. The fourth-order valence-corrected chi connectivity index (χ4v) is 4.38. The number of rotatable bonds is 21. The van der Waals surface area contributed by atoms with E-state index in [1.54, 1.807) is 0 Å². The molecule has 0 amide bonds. The van der Waals surface area contributed by atoms with Crippen molar-refractivity contribution < 1.29 is 9.47 Å². The van der Waals surface area contributed by atoms with Gasteiger partial charge >= 0.3 is 0 Å². The third-order valence-corrected chi connectivity index (χ3v) is 6.74. The molecule has 1 atom stereocenters. The summed E-state index contributed by atoms with van der Waals surface area (Å²) in [5.41, 5.74) is 2.07. The van der Waals surface area contributed by atoms with Crippen LogP contribution in [0.5, 0.6) is 11.5 Å². The highest BCUT2D eigenvalue weighted by molar-refractivity contribution is 5.60. The zero-order chi connectivity index (χ0) is 25.0. The summed E-state index contributed by atoms with van der Waals surface area (Å²) in [6.45, 7) is 8.38. The number of unbranched alkanes of at least 4 members (excludes halogenated alkanes) is 12. The maximum Gasteiger partial charge on any atom is 0.137 e. The van der Waals surface area contributed by atoms with Gasteiger partial charge in [0.05, 0.1) is 25.1 Å². The maximum absolute atomic E-state index is 6.00. The molecule has 1 heterocycles. The van der Waals surface area contributed by atoms with Crippen molar-refractivity contribution in [2.75, 3.05) is 13.2 Å². The van der Waals surface area contributed by atoms with Gasteiger partial charge in [0, 0.05) is 5.56 Å². The standard InChI is InChI=1S/C32H51NO2/c1-4-6-8-10-11-12-13-14-15-17-25-34-31-23-24-32(33-26-31)29-19-21-30(22-20-29)35-27-28(3)18-16-9-7-5-2/h19-24,26,28H,4-18,25,27H2,1-3H3. The van der Waals surface area contributed by atoms with Crippen LogP contribution >= 0.6 is 0 Å². The van der Waals surface area contributed by atoms with Crippen molar-refractivity contribution in [2.24, 2.45) is 5.92 Å². The fraction of sp³-hybridized carbons (Fsp3) is 0.656. The molecule has 3 nitrogen and oxygen atoms in total. The van der Waals surface area contributed by atoms with Crippen molar-refractivity contribution in [2.45, 2.75) is 117 Å². The molecule has 3 heteroatoms. The molecule has 2 aromatic rings. The number of hydrogen-bond acceptors (Lipinski definition) is 3. The van der Waals surface area contributed by atoms with Gasteiger partial charge in [-0.25, -0.2) is 0 Å². The third-order valence-electron chi connectivity index (χ3n) is 6.74. The summed E-state index contributed by atoms with van der Waals surface area (Å²) >= 11 is 0. The van der Waals surface area contributed by atoms with Crippen LogP contribution in [0.25, 0.3) is 11.3 Å². The number of benzene rings is 1. The summed E-state index contributed by atoms with van der Waals surface area (Å²) in [6, 6.07) is 12.4. The summed E-state index contributed by atoms with van der Waals surface area (Å²) in [5, 5.41) is 0. The van der Waals surface area contributed by atoms with E-state index in [2.05, 4.69) is 50.0 Å². The highest BCUT2D eigenvalue weighted by atomic mass is 16.5. The molecule has 0 aliphatic carbocycles. The van der Waals surface area contributed by atoms with E-state index in [9.17, 15) is 0 Å². The van der Waals surface area contributed by atoms with E-state index < -0.39 is 0 Å². The summed E-state index contributed by atoms with van der Waals surface area (Å²) in [6.07, 6.45) is 21.8. The first kappa shape index (κ1) is 29.2. The Morgan fingerprint density at radius 3 is 1.80 bits per heavy atom. The average molecular weight is 482 g/mol. The van der Waals surface area contributed by atoms with Crippen molar-refractivity contribution >= 4 is 0 Å². The van der Waals surface area contributed by atoms with Gasteiger partial charge in [0.2, 0.25) is 0 Å². The predicted octanol–water partition coefficient (Wildman–Crippen LogP) is 10.0. The van der Waals surface area contributed by atoms with Crippen LogP contribution < -0.4 is 9.47 Å². The summed E-state index contributed by atoms with van der Waals surface area (Å²) in [5.74, 6) is 2.39. The van der Waals surface area contributed by atoms with E-state index in [4.69, 9.17) is 9.47 Å². The first-order valence-corrected chi connectivity index (χ1v) is 14.5. The van der Waals surface area contributed by atoms with Crippen molar-refractivity contribution in [3.63, 3.8) is 0 Å². The van der Waals surface area contributed by atoms with E-state index >= 15 is 0 Å². The molecular weight excluding hydrogens is 430 g/mol. The van der Waals surface area contributed by atoms with E-state index in [0.717, 1.165) is 42.4 Å². The topological polar surface area (TPSA) is 31.4 Å². The van der Waals surface area contributed by atoms with E-state index in [1.807, 2.05) is 18.3 Å². The molecule has 0 bridgehead atoms. The molecule has 0 spiro atoms. The lowest BCUT2D eigenvalue weighted by Crippen LogP contribution is -2.08. The molecule has 0 saturated heterocycles. The molecule has 1 aromatic heterocycles. The lowest BCUT2D eigenvalue weighted by Gasteiger charge is -2.13. The Kier molecular flexibility index (Phi) is 16.0. The van der Waals surface area contributed by atoms with Gasteiger partial charge < -0.3 is 9.47 Å². The van der Waals surface area contributed by atoms with Gasteiger partial charge in [-0.1, -0.05) is 104 Å². The Balaban J connectivity index is 1.59. The molecule has 0 fully saturated rings. The Morgan fingerprint density at radius 1 is 0.629 bits per heavy atom. The van der Waals surface area contributed by atoms with Crippen LogP contribution in [0.4, 0.5) is 0 Å². The van der Waals surface area contributed by atoms with Gasteiger partial charge in [-0.2, -0.15) is 0 Å². The largest absolute Gasteiger partial charge is 0.493 e. The minimum absolute atomic E-state index is 0.598. The molecule has 2 rings (SSSR count). The molecule has 0 saturated carbocycles. The van der Waals surface area contributed by atoms with Crippen molar-refractivity contribution in [3.05, 3.63) is 42.6 Å². The van der Waals surface area contributed by atoms with Crippen LogP contribution in [0, 0.1) is 5.92 Å². The summed E-state index contributed by atoms with van der Waals surface area (Å²) in [7, 11) is 0. The SMILES string of the molecule is CCCCCCCCCCCCOc1ccc(-c2ccc(OCC(C)CCCCCC)cc2)nc1. The fourth-order valence-electron chi connectivity index (χ4n) is 4.38. The number of pyridine rings is 1. The Hall–Kier alpha value is -2.03.